The minimum Gasteiger partial charge on any atom is -0.493 e. The lowest BCUT2D eigenvalue weighted by Gasteiger charge is -2.27. The lowest BCUT2D eigenvalue weighted by atomic mass is 10.1. The van der Waals surface area contributed by atoms with E-state index in [1.165, 1.54) is 0 Å². The molecule has 0 aliphatic rings. The SMILES string of the molecule is CCCN(CCC)c1c(C)c(Nc2cc(OC)c(OC)cc2C)nc2ccnn12. The number of nitrogens with zero attached hydrogens (tertiary/aromatic N) is 4. The highest BCUT2D eigenvalue weighted by Crippen LogP contribution is 2.36. The van der Waals surface area contributed by atoms with Crippen LogP contribution in [0, 0.1) is 13.8 Å². The first kappa shape index (κ1) is 20.8. The Morgan fingerprint density at radius 3 is 2.31 bits per heavy atom. The fourth-order valence-electron chi connectivity index (χ4n) is 3.61. The van der Waals surface area contributed by atoms with Crippen molar-refractivity contribution in [2.45, 2.75) is 40.5 Å². The Balaban J connectivity index is 2.10. The molecule has 0 amide bonds. The molecule has 1 N–H and O–H groups in total. The van der Waals surface area contributed by atoms with Crippen LogP contribution in [0.15, 0.2) is 24.4 Å². The molecule has 0 radical (unpaired) electrons. The number of aryl methyl sites for hydroxylation is 1. The molecule has 2 heterocycles. The van der Waals surface area contributed by atoms with Crippen LogP contribution in [0.1, 0.15) is 37.8 Å². The van der Waals surface area contributed by atoms with Gasteiger partial charge in [-0.1, -0.05) is 13.8 Å². The number of ether oxygens (including phenoxy) is 2. The average molecular weight is 398 g/mol. The van der Waals surface area contributed by atoms with Gasteiger partial charge in [0.25, 0.3) is 0 Å². The van der Waals surface area contributed by atoms with E-state index in [-0.39, 0.29) is 0 Å². The van der Waals surface area contributed by atoms with Crippen molar-refractivity contribution in [3.8, 4) is 11.5 Å². The number of methoxy groups -OCH3 is 2. The molecule has 0 spiro atoms. The van der Waals surface area contributed by atoms with Gasteiger partial charge in [-0.2, -0.15) is 9.61 Å². The lowest BCUT2D eigenvalue weighted by molar-refractivity contribution is 0.355. The number of fused-ring (bicyclic) bond motifs is 1. The monoisotopic (exact) mass is 397 g/mol. The Hall–Kier alpha value is -2.96. The topological polar surface area (TPSA) is 63.9 Å². The third-order valence-electron chi connectivity index (χ3n) is 5.01. The molecule has 0 unspecified atom stereocenters. The van der Waals surface area contributed by atoms with Crippen LogP contribution in [0.5, 0.6) is 11.5 Å². The van der Waals surface area contributed by atoms with E-state index in [9.17, 15) is 0 Å². The van der Waals surface area contributed by atoms with E-state index in [0.717, 1.165) is 60.0 Å². The molecule has 0 saturated heterocycles. The van der Waals surface area contributed by atoms with Crippen molar-refractivity contribution in [3.63, 3.8) is 0 Å². The number of benzene rings is 1. The predicted molar refractivity (Wildman–Crippen MR) is 118 cm³/mol. The summed E-state index contributed by atoms with van der Waals surface area (Å²) in [7, 11) is 3.29. The van der Waals surface area contributed by atoms with Crippen LogP contribution in [-0.2, 0) is 0 Å². The van der Waals surface area contributed by atoms with Crippen molar-refractivity contribution >= 4 is 23.0 Å². The summed E-state index contributed by atoms with van der Waals surface area (Å²) in [6, 6.07) is 5.85. The van der Waals surface area contributed by atoms with Crippen LogP contribution in [-0.4, -0.2) is 41.9 Å². The molecule has 1 aromatic carbocycles. The zero-order valence-electron chi connectivity index (χ0n) is 18.2. The lowest BCUT2D eigenvalue weighted by Crippen LogP contribution is -2.28. The van der Waals surface area contributed by atoms with Gasteiger partial charge in [0.2, 0.25) is 0 Å². The second kappa shape index (κ2) is 9.03. The first-order chi connectivity index (χ1) is 14.0. The largest absolute Gasteiger partial charge is 0.493 e. The summed E-state index contributed by atoms with van der Waals surface area (Å²) in [4.78, 5) is 7.22. The summed E-state index contributed by atoms with van der Waals surface area (Å²) in [6.07, 6.45) is 3.94. The van der Waals surface area contributed by atoms with Crippen molar-refractivity contribution in [2.75, 3.05) is 37.5 Å². The quantitative estimate of drug-likeness (QED) is 0.563. The van der Waals surface area contributed by atoms with Crippen molar-refractivity contribution in [3.05, 3.63) is 35.5 Å². The van der Waals surface area contributed by atoms with Crippen molar-refractivity contribution in [1.82, 2.24) is 14.6 Å². The fourth-order valence-corrected chi connectivity index (χ4v) is 3.61. The van der Waals surface area contributed by atoms with Gasteiger partial charge < -0.3 is 19.7 Å². The van der Waals surface area contributed by atoms with Gasteiger partial charge in [0.1, 0.15) is 11.6 Å². The Morgan fingerprint density at radius 1 is 1.03 bits per heavy atom. The summed E-state index contributed by atoms with van der Waals surface area (Å²) in [5.41, 5.74) is 3.88. The van der Waals surface area contributed by atoms with E-state index in [0.29, 0.717) is 11.5 Å². The van der Waals surface area contributed by atoms with Gasteiger partial charge in [0.15, 0.2) is 17.1 Å². The van der Waals surface area contributed by atoms with Crippen molar-refractivity contribution < 1.29 is 9.47 Å². The van der Waals surface area contributed by atoms with Crippen LogP contribution in [0.25, 0.3) is 5.65 Å². The van der Waals surface area contributed by atoms with Crippen LogP contribution in [0.4, 0.5) is 17.3 Å². The standard InChI is InChI=1S/C22H31N5O2/c1-7-11-26(12-8-2)22-16(4)21(25-20-9-10-23-27(20)22)24-17-14-19(29-6)18(28-5)13-15(17)3/h9-10,13-14H,7-8,11-12H2,1-6H3,(H,24,25). The normalized spacial score (nSPS) is 11.0. The van der Waals surface area contributed by atoms with Crippen molar-refractivity contribution in [2.24, 2.45) is 0 Å². The first-order valence-corrected chi connectivity index (χ1v) is 10.1. The van der Waals surface area contributed by atoms with Gasteiger partial charge in [0, 0.05) is 36.5 Å². The fraction of sp³-hybridized carbons (Fsp3) is 0.455. The predicted octanol–water partition coefficient (Wildman–Crippen LogP) is 4.73. The summed E-state index contributed by atoms with van der Waals surface area (Å²) in [5, 5.41) is 8.04. The van der Waals surface area contributed by atoms with E-state index in [1.807, 2.05) is 29.6 Å². The Kier molecular flexibility index (Phi) is 6.46. The Morgan fingerprint density at radius 2 is 1.69 bits per heavy atom. The maximum atomic E-state index is 5.48. The van der Waals surface area contributed by atoms with E-state index in [4.69, 9.17) is 14.5 Å². The summed E-state index contributed by atoms with van der Waals surface area (Å²) in [5.74, 6) is 3.30. The van der Waals surface area contributed by atoms with Crippen LogP contribution in [0.2, 0.25) is 0 Å². The molecule has 29 heavy (non-hydrogen) atoms. The second-order valence-corrected chi connectivity index (χ2v) is 7.14. The molecule has 0 aliphatic carbocycles. The average Bonchev–Trinajstić information content (AvgIpc) is 3.17. The molecule has 156 valence electrons. The number of nitrogens with one attached hydrogen (secondary N) is 1. The van der Waals surface area contributed by atoms with Crippen LogP contribution >= 0.6 is 0 Å². The van der Waals surface area contributed by atoms with Gasteiger partial charge >= 0.3 is 0 Å². The molecule has 3 rings (SSSR count). The number of hydrogen-bond donors (Lipinski definition) is 1. The van der Waals surface area contributed by atoms with Gasteiger partial charge in [-0.3, -0.25) is 0 Å². The zero-order chi connectivity index (χ0) is 21.0. The molecular formula is C22H31N5O2. The van der Waals surface area contributed by atoms with E-state index in [1.54, 1.807) is 20.4 Å². The maximum absolute atomic E-state index is 5.48. The molecule has 2 aromatic heterocycles. The third kappa shape index (κ3) is 4.09. The van der Waals surface area contributed by atoms with Crippen LogP contribution < -0.4 is 19.7 Å². The Bertz CT molecular complexity index is 977. The molecule has 3 aromatic rings. The number of hydrogen-bond acceptors (Lipinski definition) is 6. The molecule has 0 bridgehead atoms. The molecular weight excluding hydrogens is 366 g/mol. The molecule has 7 heteroatoms. The smallest absolute Gasteiger partial charge is 0.162 e. The molecule has 0 fully saturated rings. The van der Waals surface area contributed by atoms with E-state index in [2.05, 4.69) is 36.1 Å². The third-order valence-corrected chi connectivity index (χ3v) is 5.01. The number of anilines is 3. The maximum Gasteiger partial charge on any atom is 0.162 e. The molecule has 7 nitrogen and oxygen atoms in total. The number of aromatic nitrogens is 3. The first-order valence-electron chi connectivity index (χ1n) is 10.1. The van der Waals surface area contributed by atoms with E-state index < -0.39 is 0 Å². The van der Waals surface area contributed by atoms with Gasteiger partial charge in [-0.15, -0.1) is 0 Å². The van der Waals surface area contributed by atoms with Gasteiger partial charge in [0.05, 0.1) is 20.4 Å². The zero-order valence-corrected chi connectivity index (χ0v) is 18.2. The minimum absolute atomic E-state index is 0.683. The van der Waals surface area contributed by atoms with Gasteiger partial charge in [-0.05, 0) is 38.3 Å². The number of rotatable bonds is 9. The summed E-state index contributed by atoms with van der Waals surface area (Å²) >= 11 is 0. The van der Waals surface area contributed by atoms with Crippen LogP contribution in [0.3, 0.4) is 0 Å². The highest BCUT2D eigenvalue weighted by atomic mass is 16.5. The highest BCUT2D eigenvalue weighted by Gasteiger charge is 2.19. The van der Waals surface area contributed by atoms with Gasteiger partial charge in [-0.25, -0.2) is 4.98 Å². The Labute approximate surface area is 172 Å². The van der Waals surface area contributed by atoms with Crippen molar-refractivity contribution in [1.29, 1.82) is 0 Å². The highest BCUT2D eigenvalue weighted by molar-refractivity contribution is 5.72. The molecule has 0 saturated carbocycles. The second-order valence-electron chi connectivity index (χ2n) is 7.14. The molecule has 0 atom stereocenters. The molecule has 0 aliphatic heterocycles. The summed E-state index contributed by atoms with van der Waals surface area (Å²) < 4.78 is 12.8. The van der Waals surface area contributed by atoms with E-state index >= 15 is 0 Å². The minimum atomic E-state index is 0.683. The summed E-state index contributed by atoms with van der Waals surface area (Å²) in [6.45, 7) is 10.5.